The molecule has 6 aromatic carbocycles. The largest absolute Gasteiger partial charge is 0.508 e. The van der Waals surface area contributed by atoms with Gasteiger partial charge in [-0.1, -0.05) is 167 Å². The third-order valence-corrected chi connectivity index (χ3v) is 23.3. The van der Waals surface area contributed by atoms with E-state index < -0.39 is 267 Å². The average Bonchev–Trinajstić information content (AvgIpc) is 1.62. The third kappa shape index (κ3) is 30.7. The van der Waals surface area contributed by atoms with Gasteiger partial charge in [-0.25, -0.2) is 23.9 Å². The SMILES string of the molecule is CC(C)C[C@H](NC(=O)[C@H](Cc1ccc(O)cc1)NC(=O)[C@H](CO)NC(=O)[C@H](CO)NC(=O)[C@@H](NC(=O)[C@H](CC(=O)O)NC(=O)[C@H](CO)NC(=O)[C@@H](NC(=O)[C@H](Cc1ccccc1)NC(=O)[C@@H](NC(=O)CNC(=O)[C@H](CCC(=O)O)NC(=O)C(C)(C)NC(=O)[C@H](Cc1cn(C(=O)OCC2c3ccccc3-c3ccccc32)cn1)NC(=O)OCC1c2ccccc2-c2ccccc21)[C@@H](C)O)[C@@H](C)O)C(C)C)C(=O)O. The number of hydrogen-bond donors (Lipinski definition) is 23. The molecule has 9 rings (SSSR count). The van der Waals surface area contributed by atoms with E-state index in [2.05, 4.69) is 74.1 Å². The highest BCUT2D eigenvalue weighted by molar-refractivity contribution is 6.02. The molecule has 14 atom stereocenters. The number of aromatic nitrogens is 2. The van der Waals surface area contributed by atoms with Crippen molar-refractivity contribution in [1.82, 2.24) is 84.0 Å². The molecular weight excluding hydrogens is 1850 g/mol. The Bertz CT molecular complexity index is 5640. The number of carbonyl (C=O) groups excluding carboxylic acids is 15. The number of carbonyl (C=O) groups is 18. The number of nitrogens with zero attached hydrogens (tertiary/aromatic N) is 2. The molecule has 0 radical (unpaired) electrons. The van der Waals surface area contributed by atoms with Crippen LogP contribution in [0.1, 0.15) is 132 Å². The molecule has 7 aromatic rings. The van der Waals surface area contributed by atoms with E-state index in [0.717, 1.165) is 69.2 Å². The second-order valence-electron chi connectivity index (χ2n) is 35.4. The van der Waals surface area contributed by atoms with E-state index in [1.807, 2.05) is 102 Å². The normalized spacial score (nSPS) is 14.9. The van der Waals surface area contributed by atoms with Crippen molar-refractivity contribution in [3.05, 3.63) is 203 Å². The molecule has 14 amide bonds. The first-order valence-corrected chi connectivity index (χ1v) is 45.5. The van der Waals surface area contributed by atoms with Crippen LogP contribution >= 0.6 is 0 Å². The summed E-state index contributed by atoms with van der Waals surface area (Å²) in [6, 6.07) is 21.3. The lowest BCUT2D eigenvalue weighted by Gasteiger charge is -2.30. The maximum Gasteiger partial charge on any atom is 0.419 e. The Kier molecular flexibility index (Phi) is 39.8. The lowest BCUT2D eigenvalue weighted by molar-refractivity contribution is -0.143. The second kappa shape index (κ2) is 51.3. The molecule has 1 aromatic heterocycles. The van der Waals surface area contributed by atoms with Crippen LogP contribution in [0.15, 0.2) is 164 Å². The van der Waals surface area contributed by atoms with E-state index >= 15 is 0 Å². The Morgan fingerprint density at radius 3 is 1.27 bits per heavy atom. The van der Waals surface area contributed by atoms with Gasteiger partial charge in [0.05, 0.1) is 50.7 Å². The lowest BCUT2D eigenvalue weighted by Crippen LogP contribution is -2.63. The molecule has 0 unspecified atom stereocenters. The average molecular weight is 1970 g/mol. The van der Waals surface area contributed by atoms with Crippen molar-refractivity contribution in [1.29, 1.82) is 0 Å². The molecule has 0 fully saturated rings. The van der Waals surface area contributed by atoms with Crippen LogP contribution in [0.3, 0.4) is 0 Å². The number of fused-ring (bicyclic) bond motifs is 6. The van der Waals surface area contributed by atoms with Crippen LogP contribution in [0, 0.1) is 11.8 Å². The number of hydrogen-bond acceptors (Lipinski definition) is 27. The van der Waals surface area contributed by atoms with Gasteiger partial charge in [-0.2, -0.15) is 0 Å². The molecule has 45 nitrogen and oxygen atoms in total. The van der Waals surface area contributed by atoms with Crippen molar-refractivity contribution in [2.45, 2.75) is 202 Å². The summed E-state index contributed by atoms with van der Waals surface area (Å²) in [5, 5.41) is 124. The molecule has 1 heterocycles. The number of phenolic OH excluding ortho intramolecular Hbond substituents is 1. The van der Waals surface area contributed by atoms with Gasteiger partial charge in [0.2, 0.25) is 76.8 Å². The van der Waals surface area contributed by atoms with Crippen molar-refractivity contribution in [2.24, 2.45) is 11.8 Å². The van der Waals surface area contributed by atoms with Crippen molar-refractivity contribution in [3.8, 4) is 28.0 Å². The number of aliphatic hydroxyl groups excluding tert-OH is 5. The van der Waals surface area contributed by atoms with Crippen LogP contribution < -0.4 is 74.4 Å². The highest BCUT2D eigenvalue weighted by Crippen LogP contribution is 2.46. The summed E-state index contributed by atoms with van der Waals surface area (Å²) in [5.74, 6) is -22.8. The zero-order valence-corrected chi connectivity index (χ0v) is 78.8. The van der Waals surface area contributed by atoms with Crippen LogP contribution in [-0.4, -0.2) is 292 Å². The van der Waals surface area contributed by atoms with Crippen LogP contribution in [0.25, 0.3) is 22.3 Å². The molecule has 0 saturated heterocycles. The highest BCUT2D eigenvalue weighted by atomic mass is 16.6. The Morgan fingerprint density at radius 1 is 0.408 bits per heavy atom. The van der Waals surface area contributed by atoms with E-state index in [9.17, 15) is 132 Å². The Labute approximate surface area is 814 Å². The minimum atomic E-state index is -2.17. The van der Waals surface area contributed by atoms with E-state index in [1.54, 1.807) is 32.0 Å². The van der Waals surface area contributed by atoms with Crippen LogP contribution in [0.4, 0.5) is 9.59 Å². The van der Waals surface area contributed by atoms with Gasteiger partial charge in [0.1, 0.15) is 103 Å². The summed E-state index contributed by atoms with van der Waals surface area (Å²) >= 11 is 0. The topological polar surface area (TPSA) is 694 Å². The Morgan fingerprint density at radius 2 is 0.810 bits per heavy atom. The molecule has 0 saturated carbocycles. The molecule has 2 aliphatic carbocycles. The number of carboxylic acid groups (broad SMARTS) is 3. The van der Waals surface area contributed by atoms with Crippen molar-refractivity contribution >= 4 is 107 Å². The molecular formula is C97H118N16O29. The first-order chi connectivity index (χ1) is 67.4. The zero-order valence-electron chi connectivity index (χ0n) is 78.8. The van der Waals surface area contributed by atoms with Crippen molar-refractivity contribution in [3.63, 3.8) is 0 Å². The number of rotatable bonds is 51. The monoisotopic (exact) mass is 1970 g/mol. The maximum absolute atomic E-state index is 14.7. The fourth-order valence-electron chi connectivity index (χ4n) is 15.8. The number of aromatic hydroxyl groups is 1. The summed E-state index contributed by atoms with van der Waals surface area (Å²) in [5.41, 5.74) is 6.26. The fourth-order valence-corrected chi connectivity index (χ4v) is 15.8. The molecule has 23 N–H and O–H groups in total. The molecule has 45 heteroatoms. The Balaban J connectivity index is 0.808. The van der Waals surface area contributed by atoms with E-state index in [1.165, 1.54) is 70.3 Å². The van der Waals surface area contributed by atoms with Crippen molar-refractivity contribution < 1.29 is 142 Å². The van der Waals surface area contributed by atoms with Gasteiger partial charge < -0.3 is 130 Å². The first kappa shape index (κ1) is 110. The van der Waals surface area contributed by atoms with Crippen molar-refractivity contribution in [2.75, 3.05) is 39.6 Å². The van der Waals surface area contributed by atoms with Gasteiger partial charge in [-0.3, -0.25) is 71.9 Å². The van der Waals surface area contributed by atoms with Gasteiger partial charge in [0.15, 0.2) is 0 Å². The number of phenols is 1. The van der Waals surface area contributed by atoms with E-state index in [4.69, 9.17) is 9.47 Å². The van der Waals surface area contributed by atoms with E-state index in [-0.39, 0.29) is 49.3 Å². The number of ether oxygens (including phenoxy) is 2. The van der Waals surface area contributed by atoms with Gasteiger partial charge in [-0.05, 0) is 120 Å². The number of nitrogens with one attached hydrogen (secondary N) is 14. The number of benzene rings is 6. The van der Waals surface area contributed by atoms with E-state index in [0.29, 0.717) is 11.1 Å². The minimum absolute atomic E-state index is 0.0214. The molecule has 0 bridgehead atoms. The fraction of sp³-hybridized carbons (Fsp3) is 0.412. The first-order valence-electron chi connectivity index (χ1n) is 45.5. The summed E-state index contributed by atoms with van der Waals surface area (Å²) in [6.07, 6.45) is -7.04. The standard InChI is InChI=1S/C97H118N16O29/c1-49(2)36-72(93(136)137)103-83(126)68(38-54-30-32-56(119)33-31-54)100-86(129)73(43-114)104-88(131)75(45-116)105-90(133)79(50(3)4)110-85(128)71(40-78(123)124)101-87(130)74(44-115)106-92(135)81(52(6)118)111-84(127)69(37-53-20-10-9-11-21-53)102-91(134)80(51(5)117)109-76(120)41-98-82(125)67(34-35-77(121)122)107-94(138)97(7,8)112-89(132)70(108-95(139)141-46-65-61-26-16-12-22-57(61)58-23-13-17-27-62(58)65)39-55-42-113(48-99-55)96(140)142-47-66-63-28-18-14-24-59(63)60-25-15-19-29-64(60)66/h9-33,42,48-52,65-75,79-81,114-119H,34-41,43-47H2,1-8H3,(H,98,125)(H,100,129)(H,101,130)(H,102,134)(H,103,126)(H,104,131)(H,105,133)(H,106,135)(H,107,138)(H,108,139)(H,109,120)(H,110,128)(H,111,127)(H,112,132)(H,121,122)(H,123,124)(H,136,137)/t51-,52-,67+,68+,69+,70+,71+,72+,73+,74+,75+,79+,80+,81+/m1/s1. The maximum atomic E-state index is 14.7. The third-order valence-electron chi connectivity index (χ3n) is 23.3. The predicted octanol–water partition coefficient (Wildman–Crippen LogP) is -1.47. The lowest BCUT2D eigenvalue weighted by atomic mass is 9.98. The number of carboxylic acids is 3. The minimum Gasteiger partial charge on any atom is -0.508 e. The second-order valence-corrected chi connectivity index (χ2v) is 35.4. The van der Waals surface area contributed by atoms with Gasteiger partial charge >= 0.3 is 30.1 Å². The number of aliphatic carboxylic acids is 3. The number of alkyl carbamates (subject to hydrolysis) is 1. The summed E-state index contributed by atoms with van der Waals surface area (Å²) in [6.45, 7) is 5.58. The number of imidazole rings is 1. The predicted molar refractivity (Wildman–Crippen MR) is 502 cm³/mol. The smallest absolute Gasteiger partial charge is 0.419 e. The quantitative estimate of drug-likeness (QED) is 0.0207. The molecule has 142 heavy (non-hydrogen) atoms. The highest BCUT2D eigenvalue weighted by Gasteiger charge is 2.42. The van der Waals surface area contributed by atoms with Gasteiger partial charge in [0.25, 0.3) is 0 Å². The molecule has 0 aliphatic heterocycles. The molecule has 0 spiro atoms. The Hall–Kier alpha value is -15.6. The van der Waals surface area contributed by atoms with Crippen LogP contribution in [0.2, 0.25) is 0 Å². The molecule has 2 aliphatic rings. The number of aliphatic hydroxyl groups is 5. The molecule has 760 valence electrons. The number of amides is 14. The summed E-state index contributed by atoms with van der Waals surface area (Å²) in [7, 11) is 0. The summed E-state index contributed by atoms with van der Waals surface area (Å²) < 4.78 is 12.7. The summed E-state index contributed by atoms with van der Waals surface area (Å²) in [4.78, 5) is 251. The van der Waals surface area contributed by atoms with Gasteiger partial charge in [-0.15, -0.1) is 0 Å². The zero-order chi connectivity index (χ0) is 104. The van der Waals surface area contributed by atoms with Gasteiger partial charge in [0, 0.05) is 43.7 Å². The van der Waals surface area contributed by atoms with Crippen LogP contribution in [0.5, 0.6) is 5.75 Å². The van der Waals surface area contributed by atoms with Crippen LogP contribution in [-0.2, 0) is 105 Å².